The predicted molar refractivity (Wildman–Crippen MR) is 102 cm³/mol. The number of nitro groups is 1. The molecule has 0 bridgehead atoms. The van der Waals surface area contributed by atoms with Crippen molar-refractivity contribution in [2.75, 3.05) is 18.4 Å². The molecule has 0 fully saturated rings. The van der Waals surface area contributed by atoms with Gasteiger partial charge in [0, 0.05) is 36.3 Å². The second kappa shape index (κ2) is 10.1. The lowest BCUT2D eigenvalue weighted by atomic mass is 10.1. The van der Waals surface area contributed by atoms with Gasteiger partial charge in [-0.05, 0) is 36.8 Å². The molecule has 1 amide bonds. The standard InChI is InChI=1S/C20H18F3N3O3/c21-20(22,23)16-6-1-4-15(14-16)5-2-13-25-19(27)7-3-12-24-17-8-10-18(11-9-17)26(28)29/h1,4,6,8-11,14,24H,3,7,12-13H2,(H,25,27). The molecule has 0 aliphatic carbocycles. The Morgan fingerprint density at radius 2 is 1.86 bits per heavy atom. The maximum Gasteiger partial charge on any atom is 0.416 e. The summed E-state index contributed by atoms with van der Waals surface area (Å²) in [6.45, 7) is 0.534. The monoisotopic (exact) mass is 405 g/mol. The molecule has 0 aromatic heterocycles. The molecular weight excluding hydrogens is 387 g/mol. The van der Waals surface area contributed by atoms with Gasteiger partial charge in [-0.25, -0.2) is 0 Å². The van der Waals surface area contributed by atoms with E-state index in [1.807, 2.05) is 0 Å². The number of halogens is 3. The molecule has 2 rings (SSSR count). The number of non-ortho nitro benzene ring substituents is 1. The number of benzene rings is 2. The zero-order chi connectivity index (χ0) is 21.3. The zero-order valence-corrected chi connectivity index (χ0v) is 15.3. The van der Waals surface area contributed by atoms with Gasteiger partial charge >= 0.3 is 6.18 Å². The highest BCUT2D eigenvalue weighted by Crippen LogP contribution is 2.29. The van der Waals surface area contributed by atoms with Crippen LogP contribution in [-0.2, 0) is 11.0 Å². The summed E-state index contributed by atoms with van der Waals surface area (Å²) in [6.07, 6.45) is -3.65. The van der Waals surface area contributed by atoms with E-state index in [2.05, 4.69) is 22.5 Å². The van der Waals surface area contributed by atoms with Crippen LogP contribution in [0.3, 0.4) is 0 Å². The van der Waals surface area contributed by atoms with Gasteiger partial charge in [0.15, 0.2) is 0 Å². The first kappa shape index (κ1) is 21.8. The van der Waals surface area contributed by atoms with E-state index < -0.39 is 16.7 Å². The van der Waals surface area contributed by atoms with Crippen molar-refractivity contribution in [3.8, 4) is 11.8 Å². The van der Waals surface area contributed by atoms with E-state index in [0.717, 1.165) is 12.1 Å². The Balaban J connectivity index is 1.68. The van der Waals surface area contributed by atoms with Crippen LogP contribution in [-0.4, -0.2) is 23.9 Å². The van der Waals surface area contributed by atoms with Gasteiger partial charge < -0.3 is 10.6 Å². The van der Waals surface area contributed by atoms with Gasteiger partial charge in [-0.1, -0.05) is 17.9 Å². The Morgan fingerprint density at radius 1 is 1.14 bits per heavy atom. The third-order valence-electron chi connectivity index (χ3n) is 3.78. The van der Waals surface area contributed by atoms with Crippen LogP contribution in [0.2, 0.25) is 0 Å². The van der Waals surface area contributed by atoms with E-state index >= 15 is 0 Å². The normalized spacial score (nSPS) is 10.6. The number of hydrogen-bond acceptors (Lipinski definition) is 4. The molecule has 6 nitrogen and oxygen atoms in total. The van der Waals surface area contributed by atoms with Crippen LogP contribution in [0.25, 0.3) is 0 Å². The number of carbonyl (C=O) groups is 1. The fourth-order valence-electron chi connectivity index (χ4n) is 2.33. The van der Waals surface area contributed by atoms with E-state index in [0.29, 0.717) is 18.7 Å². The van der Waals surface area contributed by atoms with Crippen LogP contribution >= 0.6 is 0 Å². The molecule has 0 heterocycles. The summed E-state index contributed by atoms with van der Waals surface area (Å²) >= 11 is 0. The van der Waals surface area contributed by atoms with Gasteiger partial charge in [0.05, 0.1) is 17.0 Å². The molecule has 0 aliphatic heterocycles. The number of rotatable bonds is 7. The Labute approximate surface area is 165 Å². The van der Waals surface area contributed by atoms with E-state index in [1.165, 1.54) is 24.3 Å². The molecule has 0 saturated carbocycles. The number of nitro benzene ring substituents is 1. The predicted octanol–water partition coefficient (Wildman–Crippen LogP) is 3.97. The molecule has 0 radical (unpaired) electrons. The molecule has 0 spiro atoms. The third kappa shape index (κ3) is 7.54. The molecule has 152 valence electrons. The highest BCUT2D eigenvalue weighted by atomic mass is 19.4. The van der Waals surface area contributed by atoms with Gasteiger partial charge in [0.25, 0.3) is 5.69 Å². The van der Waals surface area contributed by atoms with Crippen LogP contribution < -0.4 is 10.6 Å². The fraction of sp³-hybridized carbons (Fsp3) is 0.250. The first-order chi connectivity index (χ1) is 13.8. The quantitative estimate of drug-likeness (QED) is 0.316. The average Bonchev–Trinajstić information content (AvgIpc) is 2.68. The number of nitrogens with zero attached hydrogens (tertiary/aromatic N) is 1. The minimum absolute atomic E-state index is 0.00108. The molecule has 0 unspecified atom stereocenters. The Morgan fingerprint density at radius 3 is 2.52 bits per heavy atom. The molecule has 0 atom stereocenters. The zero-order valence-electron chi connectivity index (χ0n) is 15.3. The van der Waals surface area contributed by atoms with Gasteiger partial charge in [0.1, 0.15) is 0 Å². The largest absolute Gasteiger partial charge is 0.416 e. The number of hydrogen-bond donors (Lipinski definition) is 2. The van der Waals surface area contributed by atoms with Crippen molar-refractivity contribution >= 4 is 17.3 Å². The van der Waals surface area contributed by atoms with Crippen LogP contribution in [0.15, 0.2) is 48.5 Å². The van der Waals surface area contributed by atoms with Crippen molar-refractivity contribution in [1.82, 2.24) is 5.32 Å². The number of amides is 1. The highest BCUT2D eigenvalue weighted by Gasteiger charge is 2.30. The third-order valence-corrected chi connectivity index (χ3v) is 3.78. The molecule has 0 saturated heterocycles. The minimum Gasteiger partial charge on any atom is -0.385 e. The first-order valence-electron chi connectivity index (χ1n) is 8.67. The van der Waals surface area contributed by atoms with Gasteiger partial charge in [0.2, 0.25) is 5.91 Å². The maximum absolute atomic E-state index is 12.6. The van der Waals surface area contributed by atoms with Gasteiger partial charge in [-0.2, -0.15) is 13.2 Å². The Bertz CT molecular complexity index is 916. The summed E-state index contributed by atoms with van der Waals surface area (Å²) in [5.41, 5.74) is 0.166. The van der Waals surface area contributed by atoms with Crippen molar-refractivity contribution in [1.29, 1.82) is 0 Å². The molecule has 29 heavy (non-hydrogen) atoms. The summed E-state index contributed by atoms with van der Waals surface area (Å²) < 4.78 is 37.9. The Hall–Kier alpha value is -3.54. The lowest BCUT2D eigenvalue weighted by molar-refractivity contribution is -0.384. The molecule has 9 heteroatoms. The molecule has 2 N–H and O–H groups in total. The van der Waals surface area contributed by atoms with Crippen molar-refractivity contribution in [2.45, 2.75) is 19.0 Å². The van der Waals surface area contributed by atoms with Crippen molar-refractivity contribution in [2.24, 2.45) is 0 Å². The smallest absolute Gasteiger partial charge is 0.385 e. The Kier molecular flexibility index (Phi) is 7.60. The number of anilines is 1. The van der Waals surface area contributed by atoms with Crippen LogP contribution in [0.5, 0.6) is 0 Å². The van der Waals surface area contributed by atoms with Crippen LogP contribution in [0.4, 0.5) is 24.5 Å². The lowest BCUT2D eigenvalue weighted by Gasteiger charge is -2.06. The first-order valence-corrected chi connectivity index (χ1v) is 8.67. The van der Waals surface area contributed by atoms with E-state index in [4.69, 9.17) is 0 Å². The van der Waals surface area contributed by atoms with Crippen molar-refractivity contribution < 1.29 is 22.9 Å². The van der Waals surface area contributed by atoms with E-state index in [-0.39, 0.29) is 30.1 Å². The van der Waals surface area contributed by atoms with Crippen molar-refractivity contribution in [3.05, 3.63) is 69.8 Å². The number of alkyl halides is 3. The molecule has 2 aromatic carbocycles. The summed E-state index contributed by atoms with van der Waals surface area (Å²) in [4.78, 5) is 21.8. The number of carbonyl (C=O) groups excluding carboxylic acids is 1. The topological polar surface area (TPSA) is 84.3 Å². The highest BCUT2D eigenvalue weighted by molar-refractivity contribution is 5.76. The maximum atomic E-state index is 12.6. The van der Waals surface area contributed by atoms with E-state index in [9.17, 15) is 28.1 Å². The second-order valence-electron chi connectivity index (χ2n) is 5.99. The lowest BCUT2D eigenvalue weighted by Crippen LogP contribution is -2.23. The van der Waals surface area contributed by atoms with E-state index in [1.54, 1.807) is 12.1 Å². The van der Waals surface area contributed by atoms with Crippen molar-refractivity contribution in [3.63, 3.8) is 0 Å². The summed E-state index contributed by atoms with van der Waals surface area (Å²) in [7, 11) is 0. The van der Waals surface area contributed by atoms with Gasteiger partial charge in [-0.15, -0.1) is 0 Å². The second-order valence-corrected chi connectivity index (χ2v) is 5.99. The van der Waals surface area contributed by atoms with Gasteiger partial charge in [-0.3, -0.25) is 14.9 Å². The summed E-state index contributed by atoms with van der Waals surface area (Å²) in [5, 5.41) is 16.2. The average molecular weight is 405 g/mol. The minimum atomic E-state index is -4.42. The summed E-state index contributed by atoms with van der Waals surface area (Å²) in [5.74, 6) is 4.98. The SMILES string of the molecule is O=C(CCCNc1ccc([N+](=O)[O-])cc1)NCC#Cc1cccc(C(F)(F)F)c1. The fourth-order valence-corrected chi connectivity index (χ4v) is 2.33. The molecular formula is C20H18F3N3O3. The van der Waals surface area contributed by atoms with Crippen LogP contribution in [0, 0.1) is 22.0 Å². The summed E-state index contributed by atoms with van der Waals surface area (Å²) in [6, 6.07) is 10.6. The number of nitrogens with one attached hydrogen (secondary N) is 2. The molecule has 0 aliphatic rings. The molecule has 2 aromatic rings. The van der Waals surface area contributed by atoms with Crippen LogP contribution in [0.1, 0.15) is 24.0 Å².